The number of aromatic nitrogens is 1. The maximum Gasteiger partial charge on any atom is 0.196 e. The first-order chi connectivity index (χ1) is 9.16. The Morgan fingerprint density at radius 1 is 1.16 bits per heavy atom. The van der Waals surface area contributed by atoms with Crippen molar-refractivity contribution < 1.29 is 4.42 Å². The molecule has 0 amide bonds. The molecule has 19 heavy (non-hydrogen) atoms. The first kappa shape index (κ1) is 12.1. The highest BCUT2D eigenvalue weighted by Crippen LogP contribution is 2.26. The van der Waals surface area contributed by atoms with Gasteiger partial charge in [0.15, 0.2) is 5.43 Å². The monoisotopic (exact) mass is 315 g/mol. The third-order valence-corrected chi connectivity index (χ3v) is 3.52. The van der Waals surface area contributed by atoms with Crippen LogP contribution in [0.3, 0.4) is 0 Å². The Morgan fingerprint density at radius 3 is 2.63 bits per heavy atom. The topological polar surface area (TPSA) is 43.1 Å². The summed E-state index contributed by atoms with van der Waals surface area (Å²) in [5.74, 6) is 0.599. The average molecular weight is 316 g/mol. The van der Waals surface area contributed by atoms with Gasteiger partial charge in [-0.15, -0.1) is 0 Å². The Kier molecular flexibility index (Phi) is 2.95. The van der Waals surface area contributed by atoms with Crippen LogP contribution in [0.5, 0.6) is 0 Å². The first-order valence-electron chi connectivity index (χ1n) is 5.80. The van der Waals surface area contributed by atoms with Crippen LogP contribution in [0, 0.1) is 6.92 Å². The molecule has 0 saturated heterocycles. The molecule has 0 unspecified atom stereocenters. The Bertz CT molecular complexity index is 809. The lowest BCUT2D eigenvalue weighted by molar-refractivity contribution is 0.614. The van der Waals surface area contributed by atoms with Crippen LogP contribution >= 0.6 is 15.9 Å². The lowest BCUT2D eigenvalue weighted by Crippen LogP contribution is -2.07. The van der Waals surface area contributed by atoms with Crippen molar-refractivity contribution in [2.75, 3.05) is 0 Å². The quantitative estimate of drug-likeness (QED) is 0.683. The summed E-state index contributed by atoms with van der Waals surface area (Å²) >= 11 is 3.37. The second-order valence-electron chi connectivity index (χ2n) is 4.26. The van der Waals surface area contributed by atoms with E-state index in [4.69, 9.17) is 4.42 Å². The van der Waals surface area contributed by atoms with Gasteiger partial charge in [-0.25, -0.2) is 0 Å². The van der Waals surface area contributed by atoms with Gasteiger partial charge >= 0.3 is 0 Å². The molecule has 0 aliphatic rings. The minimum absolute atomic E-state index is 0.00522. The molecule has 0 fully saturated rings. The van der Waals surface area contributed by atoms with Gasteiger partial charge in [-0.05, 0) is 37.3 Å². The molecule has 0 spiro atoms. The van der Waals surface area contributed by atoms with Gasteiger partial charge in [0.25, 0.3) is 0 Å². The highest BCUT2D eigenvalue weighted by molar-refractivity contribution is 9.10. The van der Waals surface area contributed by atoms with Crippen LogP contribution in [0.15, 0.2) is 56.4 Å². The second kappa shape index (κ2) is 4.63. The largest absolute Gasteiger partial charge is 0.456 e. The third kappa shape index (κ3) is 2.08. The van der Waals surface area contributed by atoms with Crippen LogP contribution in [-0.2, 0) is 0 Å². The van der Waals surface area contributed by atoms with Crippen molar-refractivity contribution in [3.8, 4) is 11.3 Å². The summed E-state index contributed by atoms with van der Waals surface area (Å²) in [6.45, 7) is 1.78. The molecule has 0 N–H and O–H groups in total. The van der Waals surface area contributed by atoms with Crippen molar-refractivity contribution in [2.45, 2.75) is 6.92 Å². The maximum absolute atomic E-state index is 12.4. The highest BCUT2D eigenvalue weighted by atomic mass is 79.9. The zero-order valence-electron chi connectivity index (χ0n) is 10.2. The number of hydrogen-bond acceptors (Lipinski definition) is 3. The van der Waals surface area contributed by atoms with Gasteiger partial charge in [0.1, 0.15) is 11.3 Å². The van der Waals surface area contributed by atoms with E-state index in [-0.39, 0.29) is 5.43 Å². The molecular weight excluding hydrogens is 306 g/mol. The van der Waals surface area contributed by atoms with Crippen LogP contribution in [-0.4, -0.2) is 4.98 Å². The smallest absolute Gasteiger partial charge is 0.196 e. The Hall–Kier alpha value is -1.94. The molecule has 1 aromatic carbocycles. The van der Waals surface area contributed by atoms with Crippen molar-refractivity contribution in [1.29, 1.82) is 0 Å². The van der Waals surface area contributed by atoms with Gasteiger partial charge < -0.3 is 4.42 Å². The molecule has 0 aliphatic carbocycles. The summed E-state index contributed by atoms with van der Waals surface area (Å²) < 4.78 is 6.73. The minimum Gasteiger partial charge on any atom is -0.456 e. The van der Waals surface area contributed by atoms with Gasteiger partial charge in [-0.1, -0.05) is 15.9 Å². The van der Waals surface area contributed by atoms with Crippen molar-refractivity contribution in [3.63, 3.8) is 0 Å². The standard InChI is InChI=1S/C15H10BrNO2/c1-9-14(18)12-8-11(16)2-3-13(12)19-15(9)10-4-6-17-7-5-10/h2-8H,1H3. The fourth-order valence-electron chi connectivity index (χ4n) is 2.04. The van der Waals surface area contributed by atoms with Gasteiger partial charge in [-0.2, -0.15) is 0 Å². The average Bonchev–Trinajstić information content (AvgIpc) is 2.44. The zero-order valence-corrected chi connectivity index (χ0v) is 11.8. The summed E-state index contributed by atoms with van der Waals surface area (Å²) in [6, 6.07) is 9.10. The van der Waals surface area contributed by atoms with E-state index in [1.807, 2.05) is 18.2 Å². The lowest BCUT2D eigenvalue weighted by Gasteiger charge is -2.06. The summed E-state index contributed by atoms with van der Waals surface area (Å²) in [5, 5.41) is 0.588. The fourth-order valence-corrected chi connectivity index (χ4v) is 2.40. The highest BCUT2D eigenvalue weighted by Gasteiger charge is 2.12. The lowest BCUT2D eigenvalue weighted by atomic mass is 10.1. The predicted octanol–water partition coefficient (Wildman–Crippen LogP) is 3.93. The second-order valence-corrected chi connectivity index (χ2v) is 5.18. The molecule has 0 aliphatic heterocycles. The molecule has 0 bridgehead atoms. The van der Waals surface area contributed by atoms with E-state index in [0.717, 1.165) is 10.0 Å². The Labute approximate surface area is 118 Å². The van der Waals surface area contributed by atoms with Crippen LogP contribution < -0.4 is 5.43 Å². The Balaban J connectivity index is 2.37. The third-order valence-electron chi connectivity index (χ3n) is 3.02. The summed E-state index contributed by atoms with van der Waals surface area (Å²) in [6.07, 6.45) is 3.36. The number of pyridine rings is 1. The van der Waals surface area contributed by atoms with E-state index in [1.165, 1.54) is 0 Å². The maximum atomic E-state index is 12.4. The van der Waals surface area contributed by atoms with Gasteiger partial charge in [-0.3, -0.25) is 9.78 Å². The van der Waals surface area contributed by atoms with Crippen molar-refractivity contribution in [1.82, 2.24) is 4.98 Å². The van der Waals surface area contributed by atoms with Crippen LogP contribution in [0.2, 0.25) is 0 Å². The number of rotatable bonds is 1. The van der Waals surface area contributed by atoms with E-state index in [1.54, 1.807) is 31.5 Å². The summed E-state index contributed by atoms with van der Waals surface area (Å²) in [7, 11) is 0. The minimum atomic E-state index is -0.00522. The van der Waals surface area contributed by atoms with Crippen LogP contribution in [0.25, 0.3) is 22.3 Å². The summed E-state index contributed by atoms with van der Waals surface area (Å²) in [4.78, 5) is 16.3. The van der Waals surface area contributed by atoms with E-state index in [2.05, 4.69) is 20.9 Å². The van der Waals surface area contributed by atoms with Crippen molar-refractivity contribution >= 4 is 26.9 Å². The fraction of sp³-hybridized carbons (Fsp3) is 0.0667. The SMILES string of the molecule is Cc1c(-c2ccncc2)oc2ccc(Br)cc2c1=O. The molecule has 2 aromatic heterocycles. The molecule has 0 saturated carbocycles. The normalized spacial score (nSPS) is 10.8. The van der Waals surface area contributed by atoms with Gasteiger partial charge in [0.2, 0.25) is 0 Å². The van der Waals surface area contributed by atoms with Gasteiger partial charge in [0, 0.05) is 28.0 Å². The molecule has 94 valence electrons. The van der Waals surface area contributed by atoms with E-state index < -0.39 is 0 Å². The molecule has 4 heteroatoms. The van der Waals surface area contributed by atoms with E-state index >= 15 is 0 Å². The molecule has 2 heterocycles. The first-order valence-corrected chi connectivity index (χ1v) is 6.59. The van der Waals surface area contributed by atoms with Crippen LogP contribution in [0.4, 0.5) is 0 Å². The number of benzene rings is 1. The summed E-state index contributed by atoms with van der Waals surface area (Å²) in [5.41, 5.74) is 2.05. The van der Waals surface area contributed by atoms with Crippen molar-refractivity contribution in [2.24, 2.45) is 0 Å². The number of hydrogen-bond donors (Lipinski definition) is 0. The molecule has 3 nitrogen and oxygen atoms in total. The van der Waals surface area contributed by atoms with E-state index in [9.17, 15) is 4.79 Å². The predicted molar refractivity (Wildman–Crippen MR) is 78.2 cm³/mol. The van der Waals surface area contributed by atoms with E-state index in [0.29, 0.717) is 22.3 Å². The molecular formula is C15H10BrNO2. The van der Waals surface area contributed by atoms with Crippen molar-refractivity contribution in [3.05, 3.63) is 63.0 Å². The van der Waals surface area contributed by atoms with Gasteiger partial charge in [0.05, 0.1) is 5.39 Å². The zero-order chi connectivity index (χ0) is 13.4. The number of halogens is 1. The molecule has 3 rings (SSSR count). The molecule has 3 aromatic rings. The van der Waals surface area contributed by atoms with Crippen LogP contribution in [0.1, 0.15) is 5.56 Å². The molecule has 0 radical (unpaired) electrons. The Morgan fingerprint density at radius 2 is 1.89 bits per heavy atom. The number of fused-ring (bicyclic) bond motifs is 1. The molecule has 0 atom stereocenters. The number of nitrogens with zero attached hydrogens (tertiary/aromatic N) is 1.